The third kappa shape index (κ3) is 37.4. The molecule has 6 atom stereocenters. The molecule has 0 aromatic heterocycles. The Morgan fingerprint density at radius 1 is 0.415 bits per heavy atom. The first-order valence-corrected chi connectivity index (χ1v) is 25.8. The van der Waals surface area contributed by atoms with Gasteiger partial charge in [0, 0.05) is 23.9 Å². The van der Waals surface area contributed by atoms with Crippen molar-refractivity contribution in [2.75, 3.05) is 0 Å². The Labute approximate surface area is 337 Å². The van der Waals surface area contributed by atoms with Crippen molar-refractivity contribution in [2.24, 2.45) is 35.5 Å². The van der Waals surface area contributed by atoms with E-state index in [0.717, 1.165) is 63.2 Å². The molecular weight excluding hydrogens is 775 g/mol. The van der Waals surface area contributed by atoms with Crippen LogP contribution < -0.4 is 20.4 Å². The summed E-state index contributed by atoms with van der Waals surface area (Å²) in [5.74, 6) is -2.42. The molecule has 8 nitrogen and oxygen atoms in total. The second kappa shape index (κ2) is 40.3. The van der Waals surface area contributed by atoms with Crippen molar-refractivity contribution in [1.82, 2.24) is 0 Å². The Morgan fingerprint density at radius 3 is 0.925 bits per heavy atom. The van der Waals surface area contributed by atoms with Crippen LogP contribution in [0, 0.1) is 35.5 Å². The Balaban J connectivity index is -0.000000708. The quantitative estimate of drug-likeness (QED) is 0.0595. The molecule has 0 aliphatic heterocycles. The molecule has 0 saturated carbocycles. The van der Waals surface area contributed by atoms with Crippen molar-refractivity contribution in [1.29, 1.82) is 0 Å². The summed E-state index contributed by atoms with van der Waals surface area (Å²) in [4.78, 5) is 42.6. The van der Waals surface area contributed by atoms with Gasteiger partial charge in [-0.25, -0.2) is 0 Å². The minimum absolute atomic E-state index is 0.0388. The van der Waals surface area contributed by atoms with E-state index in [1.54, 1.807) is 8.87 Å². The number of rotatable bonds is 34. The Hall–Kier alpha value is -1.32. The van der Waals surface area contributed by atoms with Crippen LogP contribution in [0.2, 0.25) is 8.87 Å². The third-order valence-corrected chi connectivity index (χ3v) is 15.8. The molecule has 0 aromatic carbocycles. The predicted octanol–water partition coefficient (Wildman–Crippen LogP) is 7.72. The summed E-state index contributed by atoms with van der Waals surface area (Å²) in [5, 5.41) is 42.6. The number of hydrogen-bond donors (Lipinski definition) is 0. The molecule has 0 N–H and O–H groups in total. The standard InChI is InChI=1S/2C14H26O4.2C8H17.Sn/c2*1-3-5-7-11(4-2)10-12(14(17)18)8-6-9-13(15)16;2*1-4-6-7-8(3)5-2;/h2*11-12H,3-10H2,1-2H3,(H,15,16)(H,17,18);2*8H,3-7H2,1-2H3;/q;;;;+4/p-4. The van der Waals surface area contributed by atoms with E-state index in [1.165, 1.54) is 51.4 Å². The molecule has 0 rings (SSSR count). The number of carbonyl (C=O) groups is 4. The molecule has 0 aliphatic carbocycles. The molecule has 0 aliphatic rings. The maximum absolute atomic E-state index is 11.0. The van der Waals surface area contributed by atoms with E-state index in [9.17, 15) is 39.6 Å². The van der Waals surface area contributed by atoms with E-state index in [4.69, 9.17) is 0 Å². The number of carbonyl (C=O) groups excluding carboxylic acids is 4. The first kappa shape index (κ1) is 56.0. The van der Waals surface area contributed by atoms with Crippen molar-refractivity contribution in [3.05, 3.63) is 0 Å². The summed E-state index contributed by atoms with van der Waals surface area (Å²) in [6.07, 6.45) is 22.5. The van der Waals surface area contributed by atoms with Gasteiger partial charge in [-0.2, -0.15) is 0 Å². The second-order valence-electron chi connectivity index (χ2n) is 15.4. The monoisotopic (exact) mass is 859 g/mol. The third-order valence-electron chi connectivity index (χ3n) is 10.8. The van der Waals surface area contributed by atoms with Crippen molar-refractivity contribution >= 4 is 45.0 Å². The van der Waals surface area contributed by atoms with Gasteiger partial charge in [-0.15, -0.1) is 0 Å². The van der Waals surface area contributed by atoms with E-state index in [2.05, 4.69) is 55.4 Å². The number of aliphatic carboxylic acids is 4. The first-order chi connectivity index (χ1) is 25.3. The fourth-order valence-electron chi connectivity index (χ4n) is 6.80. The minimum atomic E-state index is -1.12. The van der Waals surface area contributed by atoms with Crippen LogP contribution in [0.15, 0.2) is 0 Å². The van der Waals surface area contributed by atoms with Gasteiger partial charge in [0.25, 0.3) is 0 Å². The van der Waals surface area contributed by atoms with Gasteiger partial charge in [0.15, 0.2) is 0 Å². The van der Waals surface area contributed by atoms with Gasteiger partial charge in [-0.3, -0.25) is 0 Å². The zero-order valence-corrected chi connectivity index (χ0v) is 38.5. The molecule has 0 saturated heterocycles. The number of carboxylic acids is 4. The van der Waals surface area contributed by atoms with Gasteiger partial charge in [0.1, 0.15) is 0 Å². The molecule has 9 heteroatoms. The van der Waals surface area contributed by atoms with Gasteiger partial charge in [0.2, 0.25) is 0 Å². The molecular formula is C44H82O8Sn. The first-order valence-electron chi connectivity index (χ1n) is 21.8. The number of carboxylic acid groups (broad SMARTS) is 4. The molecule has 6 unspecified atom stereocenters. The molecule has 0 spiro atoms. The fraction of sp³-hybridized carbons (Fsp3) is 0.909. The zero-order chi connectivity index (χ0) is 40.9. The average Bonchev–Trinajstić information content (AvgIpc) is 3.13. The van der Waals surface area contributed by atoms with E-state index in [1.807, 2.05) is 0 Å². The van der Waals surface area contributed by atoms with Crippen LogP contribution in [-0.2, 0) is 19.2 Å². The normalized spacial score (nSPS) is 14.3. The molecule has 0 aromatic rings. The molecule has 0 bridgehead atoms. The number of unbranched alkanes of at least 4 members (excludes halogenated alkanes) is 4. The van der Waals surface area contributed by atoms with Gasteiger partial charge in [-0.1, -0.05) is 79.1 Å². The van der Waals surface area contributed by atoms with Crippen LogP contribution >= 0.6 is 0 Å². The van der Waals surface area contributed by atoms with Crippen molar-refractivity contribution in [3.63, 3.8) is 0 Å². The van der Waals surface area contributed by atoms with Gasteiger partial charge < -0.3 is 39.6 Å². The summed E-state index contributed by atoms with van der Waals surface area (Å²) in [6.45, 7) is 17.8. The molecule has 6 radical (unpaired) electrons. The summed E-state index contributed by atoms with van der Waals surface area (Å²) < 4.78 is 3.31. The van der Waals surface area contributed by atoms with Crippen LogP contribution in [-0.4, -0.2) is 45.0 Å². The maximum atomic E-state index is 11.0. The van der Waals surface area contributed by atoms with Crippen molar-refractivity contribution < 1.29 is 39.6 Å². The molecule has 0 heterocycles. The topological polar surface area (TPSA) is 161 Å². The summed E-state index contributed by atoms with van der Waals surface area (Å²) in [6, 6.07) is 0. The van der Waals surface area contributed by atoms with Gasteiger partial charge in [-0.05, 0) is 75.0 Å². The Kier molecular flexibility index (Phi) is 42.6. The van der Waals surface area contributed by atoms with Crippen LogP contribution in [0.1, 0.15) is 209 Å². The molecule has 0 amide bonds. The molecule has 310 valence electrons. The Bertz CT molecular complexity index is 798. The van der Waals surface area contributed by atoms with E-state index < -0.39 is 35.7 Å². The molecule has 53 heavy (non-hydrogen) atoms. The van der Waals surface area contributed by atoms with E-state index in [0.29, 0.717) is 50.4 Å². The van der Waals surface area contributed by atoms with Crippen LogP contribution in [0.3, 0.4) is 0 Å². The second-order valence-corrected chi connectivity index (χ2v) is 19.1. The Morgan fingerprint density at radius 2 is 0.698 bits per heavy atom. The van der Waals surface area contributed by atoms with Crippen molar-refractivity contribution in [2.45, 2.75) is 218 Å². The fourth-order valence-corrected chi connectivity index (χ4v) is 12.4. The summed E-state index contributed by atoms with van der Waals surface area (Å²) in [5.41, 5.74) is 0. The number of hydrogen-bond acceptors (Lipinski definition) is 8. The molecule has 0 fully saturated rings. The predicted molar refractivity (Wildman–Crippen MR) is 213 cm³/mol. The van der Waals surface area contributed by atoms with E-state index >= 15 is 0 Å². The SMILES string of the molecule is CCCCC(CC)CC(CCCC(=O)[O-])C(=O)[O-].CCCCC(CC)CC(CCCC(=O)[O-])C(=O)[O-].CCCCC(CC)[CH2][Sn+4][CH2]C(CC)CCCC. The zero-order valence-electron chi connectivity index (χ0n) is 35.6. The summed E-state index contributed by atoms with van der Waals surface area (Å²) in [7, 11) is 0. The van der Waals surface area contributed by atoms with Gasteiger partial charge >= 0.3 is 121 Å². The van der Waals surface area contributed by atoms with Crippen LogP contribution in [0.4, 0.5) is 0 Å². The average molecular weight is 858 g/mol. The van der Waals surface area contributed by atoms with Crippen molar-refractivity contribution in [3.8, 4) is 0 Å². The van der Waals surface area contributed by atoms with Crippen LogP contribution in [0.5, 0.6) is 0 Å². The van der Waals surface area contributed by atoms with Gasteiger partial charge in [0.05, 0.1) is 0 Å². The van der Waals surface area contributed by atoms with Crippen LogP contribution in [0.25, 0.3) is 0 Å². The van der Waals surface area contributed by atoms with E-state index in [-0.39, 0.29) is 34.0 Å². The summed E-state index contributed by atoms with van der Waals surface area (Å²) >= 11 is -0.0388.